The molecular formula is C21H36N4O2. The van der Waals surface area contributed by atoms with Crippen molar-refractivity contribution in [1.82, 2.24) is 15.5 Å². The normalized spacial score (nSPS) is 18.7. The van der Waals surface area contributed by atoms with Gasteiger partial charge in [-0.3, -0.25) is 9.89 Å². The number of nitrogens with zero attached hydrogens (tertiary/aromatic N) is 2. The third-order valence-electron chi connectivity index (χ3n) is 4.99. The first-order valence-corrected chi connectivity index (χ1v) is 10.2. The van der Waals surface area contributed by atoms with E-state index in [0.29, 0.717) is 19.3 Å². The number of nitrogens with one attached hydrogen (secondary N) is 2. The summed E-state index contributed by atoms with van der Waals surface area (Å²) < 4.78 is 11.3. The molecule has 1 aromatic carbocycles. The molecule has 0 aromatic heterocycles. The van der Waals surface area contributed by atoms with Gasteiger partial charge in [0, 0.05) is 26.7 Å². The molecule has 0 amide bonds. The smallest absolute Gasteiger partial charge is 0.191 e. The van der Waals surface area contributed by atoms with Crippen LogP contribution in [0.4, 0.5) is 0 Å². The monoisotopic (exact) mass is 376 g/mol. The second-order valence-corrected chi connectivity index (χ2v) is 6.74. The van der Waals surface area contributed by atoms with Crippen LogP contribution in [-0.4, -0.2) is 70.0 Å². The molecule has 1 fully saturated rings. The molecule has 2 N–H and O–H groups in total. The Morgan fingerprint density at radius 2 is 2.04 bits per heavy atom. The Morgan fingerprint density at radius 3 is 2.67 bits per heavy atom. The number of aliphatic imine (C=N–C) groups is 1. The number of hydrogen-bond acceptors (Lipinski definition) is 4. The Bertz CT molecular complexity index is 528. The number of rotatable bonds is 11. The fraction of sp³-hybridized carbons (Fsp3) is 0.667. The van der Waals surface area contributed by atoms with E-state index in [-0.39, 0.29) is 6.10 Å². The van der Waals surface area contributed by atoms with Gasteiger partial charge < -0.3 is 20.1 Å². The number of guanidine groups is 1. The van der Waals surface area contributed by atoms with Gasteiger partial charge in [0.2, 0.25) is 0 Å². The summed E-state index contributed by atoms with van der Waals surface area (Å²) in [4.78, 5) is 6.79. The number of hydrogen-bond donors (Lipinski definition) is 2. The van der Waals surface area contributed by atoms with E-state index in [1.54, 1.807) is 7.05 Å². The van der Waals surface area contributed by atoms with Gasteiger partial charge in [0.25, 0.3) is 0 Å². The molecule has 1 saturated heterocycles. The van der Waals surface area contributed by atoms with E-state index in [4.69, 9.17) is 9.47 Å². The van der Waals surface area contributed by atoms with Crippen LogP contribution in [0.1, 0.15) is 38.3 Å². The van der Waals surface area contributed by atoms with E-state index in [0.717, 1.165) is 51.6 Å². The highest BCUT2D eigenvalue weighted by atomic mass is 16.5. The molecule has 0 radical (unpaired) electrons. The number of likely N-dealkylation sites (N-methyl/N-ethyl adjacent to an activating group) is 1. The van der Waals surface area contributed by atoms with Crippen molar-refractivity contribution in [3.63, 3.8) is 0 Å². The van der Waals surface area contributed by atoms with Crippen LogP contribution in [0.15, 0.2) is 35.3 Å². The number of benzene rings is 1. The van der Waals surface area contributed by atoms with Gasteiger partial charge in [0.15, 0.2) is 5.96 Å². The maximum atomic E-state index is 5.70. The Morgan fingerprint density at radius 1 is 1.26 bits per heavy atom. The SMILES string of the molecule is CCN(CC)C(CNC(=NC)NCCOCC1CCCO1)c1ccccc1. The second-order valence-electron chi connectivity index (χ2n) is 6.74. The third kappa shape index (κ3) is 7.48. The minimum atomic E-state index is 0.281. The molecule has 2 atom stereocenters. The summed E-state index contributed by atoms with van der Waals surface area (Å²) in [5.41, 5.74) is 1.32. The van der Waals surface area contributed by atoms with E-state index < -0.39 is 0 Å². The highest BCUT2D eigenvalue weighted by Gasteiger charge is 2.18. The van der Waals surface area contributed by atoms with Gasteiger partial charge in [-0.2, -0.15) is 0 Å². The summed E-state index contributed by atoms with van der Waals surface area (Å²) in [5, 5.41) is 6.80. The van der Waals surface area contributed by atoms with Crippen molar-refractivity contribution in [2.75, 3.05) is 53.0 Å². The zero-order valence-corrected chi connectivity index (χ0v) is 17.1. The van der Waals surface area contributed by atoms with Crippen molar-refractivity contribution in [2.45, 2.75) is 38.8 Å². The zero-order chi connectivity index (χ0) is 19.3. The van der Waals surface area contributed by atoms with Crippen molar-refractivity contribution >= 4 is 5.96 Å². The summed E-state index contributed by atoms with van der Waals surface area (Å²) in [6.45, 7) is 10.2. The average Bonchev–Trinajstić information content (AvgIpc) is 3.23. The summed E-state index contributed by atoms with van der Waals surface area (Å²) >= 11 is 0. The molecule has 152 valence electrons. The topological polar surface area (TPSA) is 58.1 Å². The maximum absolute atomic E-state index is 5.70. The highest BCUT2D eigenvalue weighted by molar-refractivity contribution is 5.79. The van der Waals surface area contributed by atoms with E-state index in [9.17, 15) is 0 Å². The van der Waals surface area contributed by atoms with Crippen molar-refractivity contribution in [3.8, 4) is 0 Å². The lowest BCUT2D eigenvalue weighted by Crippen LogP contribution is -2.44. The minimum Gasteiger partial charge on any atom is -0.377 e. The molecule has 1 heterocycles. The fourth-order valence-electron chi connectivity index (χ4n) is 3.44. The molecule has 1 aliphatic rings. The average molecular weight is 377 g/mol. The summed E-state index contributed by atoms with van der Waals surface area (Å²) in [6, 6.07) is 11.0. The number of ether oxygens (including phenoxy) is 2. The molecule has 6 nitrogen and oxygen atoms in total. The molecule has 0 aliphatic carbocycles. The third-order valence-corrected chi connectivity index (χ3v) is 4.99. The van der Waals surface area contributed by atoms with Crippen molar-refractivity contribution in [2.24, 2.45) is 4.99 Å². The van der Waals surface area contributed by atoms with Gasteiger partial charge in [-0.1, -0.05) is 44.2 Å². The second kappa shape index (κ2) is 12.7. The van der Waals surface area contributed by atoms with Crippen molar-refractivity contribution in [1.29, 1.82) is 0 Å². The molecule has 2 rings (SSSR count). The van der Waals surface area contributed by atoms with Gasteiger partial charge in [0.1, 0.15) is 0 Å². The predicted molar refractivity (Wildman–Crippen MR) is 111 cm³/mol. The van der Waals surface area contributed by atoms with Crippen LogP contribution in [0, 0.1) is 0 Å². The van der Waals surface area contributed by atoms with E-state index >= 15 is 0 Å². The van der Waals surface area contributed by atoms with Crippen LogP contribution in [-0.2, 0) is 9.47 Å². The summed E-state index contributed by atoms with van der Waals surface area (Å²) in [6.07, 6.45) is 2.55. The molecule has 1 aromatic rings. The van der Waals surface area contributed by atoms with Crippen LogP contribution >= 0.6 is 0 Å². The van der Waals surface area contributed by atoms with Gasteiger partial charge in [-0.15, -0.1) is 0 Å². The van der Waals surface area contributed by atoms with Crippen molar-refractivity contribution in [3.05, 3.63) is 35.9 Å². The Hall–Kier alpha value is -1.63. The van der Waals surface area contributed by atoms with Crippen LogP contribution < -0.4 is 10.6 Å². The first-order valence-electron chi connectivity index (χ1n) is 10.2. The van der Waals surface area contributed by atoms with Crippen LogP contribution in [0.5, 0.6) is 0 Å². The first kappa shape index (κ1) is 21.7. The Balaban J connectivity index is 1.75. The minimum absolute atomic E-state index is 0.281. The molecular weight excluding hydrogens is 340 g/mol. The lowest BCUT2D eigenvalue weighted by Gasteiger charge is -2.30. The first-order chi connectivity index (χ1) is 13.3. The zero-order valence-electron chi connectivity index (χ0n) is 17.1. The van der Waals surface area contributed by atoms with Crippen LogP contribution in [0.25, 0.3) is 0 Å². The fourth-order valence-corrected chi connectivity index (χ4v) is 3.44. The lowest BCUT2D eigenvalue weighted by molar-refractivity contribution is 0.0191. The van der Waals surface area contributed by atoms with E-state index in [1.165, 1.54) is 5.56 Å². The molecule has 27 heavy (non-hydrogen) atoms. The van der Waals surface area contributed by atoms with Gasteiger partial charge in [0.05, 0.1) is 25.4 Å². The van der Waals surface area contributed by atoms with Crippen LogP contribution in [0.2, 0.25) is 0 Å². The van der Waals surface area contributed by atoms with Gasteiger partial charge in [-0.05, 0) is 31.5 Å². The molecule has 0 spiro atoms. The van der Waals surface area contributed by atoms with Gasteiger partial charge >= 0.3 is 0 Å². The maximum Gasteiger partial charge on any atom is 0.191 e. The van der Waals surface area contributed by atoms with Gasteiger partial charge in [-0.25, -0.2) is 0 Å². The summed E-state index contributed by atoms with van der Waals surface area (Å²) in [7, 11) is 1.80. The molecule has 2 unspecified atom stereocenters. The standard InChI is InChI=1S/C21H36N4O2/c1-4-25(5-2)20(18-10-7-6-8-11-18)16-24-21(22-3)23-13-15-26-17-19-12-9-14-27-19/h6-8,10-11,19-20H,4-5,9,12-17H2,1-3H3,(H2,22,23,24). The van der Waals surface area contributed by atoms with E-state index in [2.05, 4.69) is 64.7 Å². The lowest BCUT2D eigenvalue weighted by atomic mass is 10.1. The largest absolute Gasteiger partial charge is 0.377 e. The van der Waals surface area contributed by atoms with Crippen LogP contribution in [0.3, 0.4) is 0 Å². The predicted octanol–water partition coefficient (Wildman–Crippen LogP) is 2.43. The Kier molecular flexibility index (Phi) is 10.2. The molecule has 0 saturated carbocycles. The summed E-state index contributed by atoms with van der Waals surface area (Å²) in [5.74, 6) is 0.809. The Labute approximate surface area is 164 Å². The van der Waals surface area contributed by atoms with E-state index in [1.807, 2.05) is 0 Å². The molecule has 0 bridgehead atoms. The quantitative estimate of drug-likeness (QED) is 0.353. The highest BCUT2D eigenvalue weighted by Crippen LogP contribution is 2.19. The van der Waals surface area contributed by atoms with Crippen molar-refractivity contribution < 1.29 is 9.47 Å². The molecule has 6 heteroatoms. The molecule has 1 aliphatic heterocycles.